The fourth-order valence-corrected chi connectivity index (χ4v) is 1.95. The molecule has 2 N–H and O–H groups in total. The molecule has 98 valence electrons. The van der Waals surface area contributed by atoms with Crippen LogP contribution in [0.4, 0.5) is 5.95 Å². The molecule has 7 nitrogen and oxygen atoms in total. The van der Waals surface area contributed by atoms with Crippen molar-refractivity contribution in [1.82, 2.24) is 25.0 Å². The van der Waals surface area contributed by atoms with E-state index < -0.39 is 0 Å². The number of hydrogen-bond donors (Lipinski definition) is 1. The molecule has 0 fully saturated rings. The number of anilines is 1. The van der Waals surface area contributed by atoms with E-state index in [9.17, 15) is 0 Å². The summed E-state index contributed by atoms with van der Waals surface area (Å²) in [6.07, 6.45) is 0. The minimum absolute atomic E-state index is 0.134. The third kappa shape index (κ3) is 2.63. The van der Waals surface area contributed by atoms with Crippen molar-refractivity contribution in [2.24, 2.45) is 7.05 Å². The Kier molecular flexibility index (Phi) is 3.29. The van der Waals surface area contributed by atoms with Gasteiger partial charge in [-0.25, -0.2) is 0 Å². The average Bonchev–Trinajstić information content (AvgIpc) is 2.86. The standard InChI is InChI=1S/C10H16N6OS/c1-10(2,3)7-13-12-6(17-7)5-18-9-15-14-8(11)16(9)4/h5H2,1-4H3,(H2,11,14). The summed E-state index contributed by atoms with van der Waals surface area (Å²) in [6, 6.07) is 0. The van der Waals surface area contributed by atoms with E-state index in [-0.39, 0.29) is 5.41 Å². The normalized spacial score (nSPS) is 12.0. The molecule has 0 aromatic carbocycles. The third-order valence-electron chi connectivity index (χ3n) is 2.30. The minimum Gasteiger partial charge on any atom is -0.424 e. The molecule has 2 aromatic rings. The van der Waals surface area contributed by atoms with Gasteiger partial charge in [-0.1, -0.05) is 32.5 Å². The van der Waals surface area contributed by atoms with Gasteiger partial charge in [0.25, 0.3) is 0 Å². The van der Waals surface area contributed by atoms with Crippen LogP contribution >= 0.6 is 11.8 Å². The highest BCUT2D eigenvalue weighted by atomic mass is 32.2. The first-order chi connectivity index (χ1) is 8.38. The van der Waals surface area contributed by atoms with Crippen LogP contribution in [0.15, 0.2) is 9.57 Å². The summed E-state index contributed by atoms with van der Waals surface area (Å²) in [6.45, 7) is 6.09. The van der Waals surface area contributed by atoms with Gasteiger partial charge in [-0.2, -0.15) is 0 Å². The van der Waals surface area contributed by atoms with E-state index in [0.29, 0.717) is 23.5 Å². The van der Waals surface area contributed by atoms with E-state index in [1.165, 1.54) is 11.8 Å². The Morgan fingerprint density at radius 1 is 1.22 bits per heavy atom. The van der Waals surface area contributed by atoms with Crippen molar-refractivity contribution in [3.63, 3.8) is 0 Å². The van der Waals surface area contributed by atoms with Crippen molar-refractivity contribution in [2.75, 3.05) is 5.73 Å². The van der Waals surface area contributed by atoms with Crippen LogP contribution in [0.2, 0.25) is 0 Å². The Balaban J connectivity index is 2.03. The maximum atomic E-state index is 5.60. The minimum atomic E-state index is -0.134. The fraction of sp³-hybridized carbons (Fsp3) is 0.600. The molecule has 0 radical (unpaired) electrons. The molecule has 0 aliphatic rings. The lowest BCUT2D eigenvalue weighted by Gasteiger charge is -2.10. The Hall–Kier alpha value is -1.57. The molecular formula is C10H16N6OS. The van der Waals surface area contributed by atoms with Gasteiger partial charge in [0.1, 0.15) is 0 Å². The van der Waals surface area contributed by atoms with E-state index in [1.807, 2.05) is 27.8 Å². The zero-order valence-corrected chi connectivity index (χ0v) is 11.7. The molecule has 8 heteroatoms. The summed E-state index contributed by atoms with van der Waals surface area (Å²) in [7, 11) is 1.81. The summed E-state index contributed by atoms with van der Waals surface area (Å²) < 4.78 is 7.30. The van der Waals surface area contributed by atoms with Crippen molar-refractivity contribution in [1.29, 1.82) is 0 Å². The first-order valence-corrected chi connectivity index (χ1v) is 6.47. The van der Waals surface area contributed by atoms with Crippen molar-refractivity contribution in [3.05, 3.63) is 11.8 Å². The zero-order chi connectivity index (χ0) is 13.3. The van der Waals surface area contributed by atoms with Crippen LogP contribution in [0, 0.1) is 0 Å². The van der Waals surface area contributed by atoms with Gasteiger partial charge in [0, 0.05) is 12.5 Å². The quantitative estimate of drug-likeness (QED) is 0.840. The average molecular weight is 268 g/mol. The third-order valence-corrected chi connectivity index (χ3v) is 3.31. The number of hydrogen-bond acceptors (Lipinski definition) is 7. The molecule has 0 aliphatic heterocycles. The Bertz CT molecular complexity index is 541. The lowest BCUT2D eigenvalue weighted by molar-refractivity contribution is 0.378. The van der Waals surface area contributed by atoms with Crippen LogP contribution in [-0.2, 0) is 18.2 Å². The van der Waals surface area contributed by atoms with Gasteiger partial charge < -0.3 is 10.2 Å². The van der Waals surface area contributed by atoms with Gasteiger partial charge >= 0.3 is 0 Å². The summed E-state index contributed by atoms with van der Waals surface area (Å²) in [5.74, 6) is 2.15. The van der Waals surface area contributed by atoms with Crippen molar-refractivity contribution in [3.8, 4) is 0 Å². The van der Waals surface area contributed by atoms with Crippen LogP contribution in [-0.4, -0.2) is 25.0 Å². The maximum absolute atomic E-state index is 5.60. The lowest BCUT2D eigenvalue weighted by Crippen LogP contribution is -2.11. The number of aromatic nitrogens is 5. The highest BCUT2D eigenvalue weighted by Crippen LogP contribution is 2.24. The monoisotopic (exact) mass is 268 g/mol. The van der Waals surface area contributed by atoms with Crippen LogP contribution < -0.4 is 5.73 Å². The van der Waals surface area contributed by atoms with Crippen LogP contribution in [0.3, 0.4) is 0 Å². The van der Waals surface area contributed by atoms with Gasteiger partial charge in [-0.15, -0.1) is 20.4 Å². The molecule has 0 spiro atoms. The van der Waals surface area contributed by atoms with Crippen LogP contribution in [0.1, 0.15) is 32.6 Å². The van der Waals surface area contributed by atoms with E-state index >= 15 is 0 Å². The fourth-order valence-electron chi connectivity index (χ4n) is 1.19. The molecule has 2 aromatic heterocycles. The second-order valence-corrected chi connectivity index (χ2v) is 5.88. The summed E-state index contributed by atoms with van der Waals surface area (Å²) >= 11 is 1.46. The second-order valence-electron chi connectivity index (χ2n) is 4.94. The maximum Gasteiger partial charge on any atom is 0.226 e. The molecule has 0 saturated carbocycles. The van der Waals surface area contributed by atoms with Gasteiger partial charge in [0.15, 0.2) is 5.16 Å². The predicted octanol–water partition coefficient (Wildman–Crippen LogP) is 1.37. The van der Waals surface area contributed by atoms with E-state index in [1.54, 1.807) is 4.57 Å². The molecule has 2 rings (SSSR count). The number of rotatable bonds is 3. The van der Waals surface area contributed by atoms with Gasteiger partial charge in [0.05, 0.1) is 5.75 Å². The molecule has 0 bridgehead atoms. The van der Waals surface area contributed by atoms with Crippen molar-refractivity contribution < 1.29 is 4.42 Å². The predicted molar refractivity (Wildman–Crippen MR) is 68.0 cm³/mol. The SMILES string of the molecule is Cn1c(N)nnc1SCc1nnc(C(C)(C)C)o1. The summed E-state index contributed by atoms with van der Waals surface area (Å²) in [5, 5.41) is 16.5. The molecule has 0 saturated heterocycles. The highest BCUT2D eigenvalue weighted by molar-refractivity contribution is 7.98. The lowest BCUT2D eigenvalue weighted by atomic mass is 9.97. The van der Waals surface area contributed by atoms with Crippen molar-refractivity contribution in [2.45, 2.75) is 37.1 Å². The van der Waals surface area contributed by atoms with Crippen LogP contribution in [0.25, 0.3) is 0 Å². The van der Waals surface area contributed by atoms with E-state index in [4.69, 9.17) is 10.2 Å². The van der Waals surface area contributed by atoms with Crippen LogP contribution in [0.5, 0.6) is 0 Å². The smallest absolute Gasteiger partial charge is 0.226 e. The summed E-state index contributed by atoms with van der Waals surface area (Å²) in [4.78, 5) is 0. The molecule has 18 heavy (non-hydrogen) atoms. The molecule has 0 unspecified atom stereocenters. The van der Waals surface area contributed by atoms with Gasteiger partial charge in [0.2, 0.25) is 17.7 Å². The highest BCUT2D eigenvalue weighted by Gasteiger charge is 2.21. The Morgan fingerprint density at radius 2 is 1.94 bits per heavy atom. The largest absolute Gasteiger partial charge is 0.424 e. The molecular weight excluding hydrogens is 252 g/mol. The number of nitrogens with zero attached hydrogens (tertiary/aromatic N) is 5. The number of nitrogens with two attached hydrogens (primary N) is 1. The molecule has 0 amide bonds. The number of nitrogen functional groups attached to an aromatic ring is 1. The summed E-state index contributed by atoms with van der Waals surface area (Å²) in [5.41, 5.74) is 5.46. The van der Waals surface area contributed by atoms with Crippen molar-refractivity contribution >= 4 is 17.7 Å². The first kappa shape index (κ1) is 12.9. The Morgan fingerprint density at radius 3 is 2.44 bits per heavy atom. The zero-order valence-electron chi connectivity index (χ0n) is 10.8. The second kappa shape index (κ2) is 4.60. The topological polar surface area (TPSA) is 95.7 Å². The van der Waals surface area contributed by atoms with E-state index in [0.717, 1.165) is 5.16 Å². The molecule has 0 aliphatic carbocycles. The number of thioether (sulfide) groups is 1. The Labute approximate surface area is 109 Å². The van der Waals surface area contributed by atoms with Gasteiger partial charge in [-0.3, -0.25) is 4.57 Å². The first-order valence-electron chi connectivity index (χ1n) is 5.48. The van der Waals surface area contributed by atoms with E-state index in [2.05, 4.69) is 20.4 Å². The molecule has 2 heterocycles. The molecule has 0 atom stereocenters. The van der Waals surface area contributed by atoms with Gasteiger partial charge in [-0.05, 0) is 0 Å².